The molecule has 0 atom stereocenters. The van der Waals surface area contributed by atoms with E-state index in [2.05, 4.69) is 10.6 Å². The van der Waals surface area contributed by atoms with Gasteiger partial charge in [0.2, 0.25) is 5.91 Å². The van der Waals surface area contributed by atoms with Gasteiger partial charge in [-0.3, -0.25) is 4.79 Å². The molecule has 1 amide bonds. The predicted octanol–water partition coefficient (Wildman–Crippen LogP) is 4.03. The highest BCUT2D eigenvalue weighted by molar-refractivity contribution is 5.89. The summed E-state index contributed by atoms with van der Waals surface area (Å²) in [5.74, 6) is 0.0671. The summed E-state index contributed by atoms with van der Waals surface area (Å²) in [5, 5.41) is 13.7. The maximum Gasteiger partial charge on any atom is 0.418 e. The Labute approximate surface area is 148 Å². The van der Waals surface area contributed by atoms with E-state index in [9.17, 15) is 18.0 Å². The van der Waals surface area contributed by atoms with Gasteiger partial charge >= 0.3 is 6.18 Å². The molecule has 2 rings (SSSR count). The fourth-order valence-corrected chi connectivity index (χ4v) is 2.19. The zero-order valence-electron chi connectivity index (χ0n) is 13.9. The summed E-state index contributed by atoms with van der Waals surface area (Å²) in [6.45, 7) is 1.50. The van der Waals surface area contributed by atoms with E-state index in [0.29, 0.717) is 11.3 Å². The third-order valence-corrected chi connectivity index (χ3v) is 3.31. The van der Waals surface area contributed by atoms with Crippen LogP contribution in [-0.2, 0) is 11.0 Å². The number of hydrogen-bond acceptors (Lipinski definition) is 4. The van der Waals surface area contributed by atoms with Crippen LogP contribution in [0.25, 0.3) is 0 Å². The number of amides is 1. The van der Waals surface area contributed by atoms with Crippen LogP contribution in [-0.4, -0.2) is 19.1 Å². The second-order valence-electron chi connectivity index (χ2n) is 5.35. The Morgan fingerprint density at radius 2 is 1.88 bits per heavy atom. The van der Waals surface area contributed by atoms with Crippen molar-refractivity contribution in [3.05, 3.63) is 53.6 Å². The van der Waals surface area contributed by atoms with Crippen molar-refractivity contribution in [1.82, 2.24) is 0 Å². The molecule has 0 fully saturated rings. The SMILES string of the molecule is CC(=O)Nc1ccc(NCCOc2ccc(C#N)cc2)c(C(F)(F)F)c1. The van der Waals surface area contributed by atoms with E-state index in [0.717, 1.165) is 6.07 Å². The first kappa shape index (κ1) is 19.1. The third kappa shape index (κ3) is 5.41. The smallest absolute Gasteiger partial charge is 0.418 e. The van der Waals surface area contributed by atoms with Gasteiger partial charge in [0.1, 0.15) is 12.4 Å². The van der Waals surface area contributed by atoms with Crippen LogP contribution in [0.4, 0.5) is 24.5 Å². The molecule has 0 saturated heterocycles. The molecule has 0 radical (unpaired) electrons. The quantitative estimate of drug-likeness (QED) is 0.760. The lowest BCUT2D eigenvalue weighted by atomic mass is 10.1. The maximum atomic E-state index is 13.2. The molecule has 136 valence electrons. The second-order valence-corrected chi connectivity index (χ2v) is 5.35. The van der Waals surface area contributed by atoms with Crippen LogP contribution in [0.1, 0.15) is 18.1 Å². The van der Waals surface area contributed by atoms with Crippen molar-refractivity contribution in [2.45, 2.75) is 13.1 Å². The van der Waals surface area contributed by atoms with Crippen molar-refractivity contribution in [3.63, 3.8) is 0 Å². The zero-order chi connectivity index (χ0) is 19.2. The summed E-state index contributed by atoms with van der Waals surface area (Å²) in [6.07, 6.45) is -4.56. The van der Waals surface area contributed by atoms with Crippen LogP contribution in [0.3, 0.4) is 0 Å². The molecule has 5 nitrogen and oxygen atoms in total. The van der Waals surface area contributed by atoms with Crippen LogP contribution in [0.5, 0.6) is 5.75 Å². The summed E-state index contributed by atoms with van der Waals surface area (Å²) in [5.41, 5.74) is -0.411. The Bertz CT molecular complexity index is 812. The Kier molecular flexibility index (Phi) is 6.07. The van der Waals surface area contributed by atoms with Crippen LogP contribution in [0, 0.1) is 11.3 Å². The number of nitrogens with one attached hydrogen (secondary N) is 2. The topological polar surface area (TPSA) is 74.2 Å². The highest BCUT2D eigenvalue weighted by Gasteiger charge is 2.33. The van der Waals surface area contributed by atoms with Crippen molar-refractivity contribution >= 4 is 17.3 Å². The number of alkyl halides is 3. The maximum absolute atomic E-state index is 13.2. The normalized spacial score (nSPS) is 10.7. The molecule has 0 spiro atoms. The first-order valence-electron chi connectivity index (χ1n) is 7.65. The first-order chi connectivity index (χ1) is 12.3. The molecule has 2 aromatic carbocycles. The molecule has 0 heterocycles. The predicted molar refractivity (Wildman–Crippen MR) is 90.9 cm³/mol. The zero-order valence-corrected chi connectivity index (χ0v) is 13.9. The lowest BCUT2D eigenvalue weighted by molar-refractivity contribution is -0.137. The molecule has 0 bridgehead atoms. The van der Waals surface area contributed by atoms with Gasteiger partial charge in [-0.2, -0.15) is 18.4 Å². The third-order valence-electron chi connectivity index (χ3n) is 3.31. The molecule has 2 aromatic rings. The van der Waals surface area contributed by atoms with E-state index in [1.807, 2.05) is 6.07 Å². The molecule has 0 unspecified atom stereocenters. The van der Waals surface area contributed by atoms with Crippen LogP contribution in [0.15, 0.2) is 42.5 Å². The Morgan fingerprint density at radius 1 is 1.19 bits per heavy atom. The Morgan fingerprint density at radius 3 is 2.46 bits per heavy atom. The Balaban J connectivity index is 1.99. The largest absolute Gasteiger partial charge is 0.492 e. The number of anilines is 2. The summed E-state index contributed by atoms with van der Waals surface area (Å²) in [4.78, 5) is 11.0. The van der Waals surface area contributed by atoms with E-state index >= 15 is 0 Å². The van der Waals surface area contributed by atoms with Crippen LogP contribution >= 0.6 is 0 Å². The first-order valence-corrected chi connectivity index (χ1v) is 7.65. The summed E-state index contributed by atoms with van der Waals surface area (Å²) in [7, 11) is 0. The minimum atomic E-state index is -4.56. The molecule has 8 heteroatoms. The number of ether oxygens (including phenoxy) is 1. The van der Waals surface area contributed by atoms with Gasteiger partial charge in [-0.25, -0.2) is 0 Å². The van der Waals surface area contributed by atoms with Gasteiger partial charge < -0.3 is 15.4 Å². The van der Waals surface area contributed by atoms with Crippen LogP contribution < -0.4 is 15.4 Å². The van der Waals surface area contributed by atoms with E-state index in [1.54, 1.807) is 24.3 Å². The summed E-state index contributed by atoms with van der Waals surface area (Å²) >= 11 is 0. The molecule has 0 aliphatic carbocycles. The minimum absolute atomic E-state index is 0.0733. The number of carbonyl (C=O) groups is 1. The minimum Gasteiger partial charge on any atom is -0.492 e. The molecule has 2 N–H and O–H groups in total. The van der Waals surface area contributed by atoms with Crippen molar-refractivity contribution in [2.75, 3.05) is 23.8 Å². The molecular weight excluding hydrogens is 347 g/mol. The lowest BCUT2D eigenvalue weighted by Gasteiger charge is -2.16. The van der Waals surface area contributed by atoms with E-state index in [-0.39, 0.29) is 24.5 Å². The number of hydrogen-bond donors (Lipinski definition) is 2. The van der Waals surface area contributed by atoms with Gasteiger partial charge in [-0.05, 0) is 42.5 Å². The van der Waals surface area contributed by atoms with Gasteiger partial charge in [0.25, 0.3) is 0 Å². The average Bonchev–Trinajstić information content (AvgIpc) is 2.59. The Hall–Kier alpha value is -3.21. The molecule has 0 aromatic heterocycles. The molecule has 0 aliphatic rings. The van der Waals surface area contributed by atoms with Gasteiger partial charge in [0.05, 0.1) is 17.2 Å². The van der Waals surface area contributed by atoms with Crippen LogP contribution in [0.2, 0.25) is 0 Å². The second kappa shape index (κ2) is 8.25. The fourth-order valence-electron chi connectivity index (χ4n) is 2.19. The van der Waals surface area contributed by atoms with E-state index in [4.69, 9.17) is 10.00 Å². The van der Waals surface area contributed by atoms with Gasteiger partial charge in [-0.15, -0.1) is 0 Å². The fraction of sp³-hybridized carbons (Fsp3) is 0.222. The molecule has 0 aliphatic heterocycles. The number of halogens is 3. The standard InChI is InChI=1S/C18H16F3N3O2/c1-12(25)24-14-4-7-17(16(10-14)18(19,20)21)23-8-9-26-15-5-2-13(11-22)3-6-15/h2-7,10,23H,8-9H2,1H3,(H,24,25). The van der Waals surface area contributed by atoms with Crippen molar-refractivity contribution in [3.8, 4) is 11.8 Å². The number of nitriles is 1. The average molecular weight is 363 g/mol. The van der Waals surface area contributed by atoms with Crippen molar-refractivity contribution in [2.24, 2.45) is 0 Å². The number of carbonyl (C=O) groups excluding carboxylic acids is 1. The molecule has 26 heavy (non-hydrogen) atoms. The van der Waals surface area contributed by atoms with Gasteiger partial charge in [0, 0.05) is 24.8 Å². The van der Waals surface area contributed by atoms with E-state index < -0.39 is 17.6 Å². The van der Waals surface area contributed by atoms with Gasteiger partial charge in [0.15, 0.2) is 0 Å². The highest BCUT2D eigenvalue weighted by atomic mass is 19.4. The summed E-state index contributed by atoms with van der Waals surface area (Å²) < 4.78 is 45.0. The van der Waals surface area contributed by atoms with Crippen molar-refractivity contribution < 1.29 is 22.7 Å². The number of rotatable bonds is 6. The van der Waals surface area contributed by atoms with E-state index in [1.165, 1.54) is 19.1 Å². The number of benzene rings is 2. The highest BCUT2D eigenvalue weighted by Crippen LogP contribution is 2.36. The molecular formula is C18H16F3N3O2. The number of nitrogens with zero attached hydrogens (tertiary/aromatic N) is 1. The monoisotopic (exact) mass is 363 g/mol. The lowest BCUT2D eigenvalue weighted by Crippen LogP contribution is -2.16. The molecule has 0 saturated carbocycles. The summed E-state index contributed by atoms with van der Waals surface area (Å²) in [6, 6.07) is 11.9. The van der Waals surface area contributed by atoms with Gasteiger partial charge in [-0.1, -0.05) is 0 Å². The van der Waals surface area contributed by atoms with Crippen molar-refractivity contribution in [1.29, 1.82) is 5.26 Å².